The first-order valence-corrected chi connectivity index (χ1v) is 5.77. The summed E-state index contributed by atoms with van der Waals surface area (Å²) in [7, 11) is 0. The van der Waals surface area contributed by atoms with Crippen LogP contribution >= 0.6 is 11.3 Å². The lowest BCUT2D eigenvalue weighted by molar-refractivity contribution is 0.606. The summed E-state index contributed by atoms with van der Waals surface area (Å²) in [6, 6.07) is 0. The minimum Gasteiger partial charge on any atom is -0.148 e. The highest BCUT2D eigenvalue weighted by Gasteiger charge is 2.24. The maximum Gasteiger partial charge on any atom is 0.00829 e. The van der Waals surface area contributed by atoms with E-state index in [9.17, 15) is 0 Å². The van der Waals surface area contributed by atoms with Crippen LogP contribution < -0.4 is 0 Å². The lowest BCUT2D eigenvalue weighted by Crippen LogP contribution is -1.92. The number of thiophene rings is 1. The van der Waals surface area contributed by atoms with Crippen molar-refractivity contribution in [3.8, 4) is 0 Å². The fourth-order valence-electron chi connectivity index (χ4n) is 2.34. The second kappa shape index (κ2) is 3.21. The van der Waals surface area contributed by atoms with E-state index in [0.717, 1.165) is 5.92 Å². The van der Waals surface area contributed by atoms with Crippen LogP contribution in [0.3, 0.4) is 0 Å². The van der Waals surface area contributed by atoms with Crippen molar-refractivity contribution in [2.45, 2.75) is 45.4 Å². The van der Waals surface area contributed by atoms with E-state index in [4.69, 9.17) is 0 Å². The summed E-state index contributed by atoms with van der Waals surface area (Å²) >= 11 is 1.97. The van der Waals surface area contributed by atoms with E-state index in [1.165, 1.54) is 25.7 Å². The molecule has 0 nitrogen and oxygen atoms in total. The van der Waals surface area contributed by atoms with E-state index >= 15 is 0 Å². The molecule has 0 aromatic carbocycles. The molecule has 1 aliphatic rings. The monoisotopic (exact) mass is 180 g/mol. The van der Waals surface area contributed by atoms with E-state index in [1.807, 2.05) is 11.3 Å². The number of fused-ring (bicyclic) bond motifs is 1. The Morgan fingerprint density at radius 2 is 2.42 bits per heavy atom. The Hall–Kier alpha value is -0.300. The van der Waals surface area contributed by atoms with Gasteiger partial charge in [-0.05, 0) is 48.6 Å². The van der Waals surface area contributed by atoms with Gasteiger partial charge in [0, 0.05) is 4.88 Å². The molecule has 1 heterocycles. The third-order valence-corrected chi connectivity index (χ3v) is 4.05. The average molecular weight is 180 g/mol. The van der Waals surface area contributed by atoms with Crippen molar-refractivity contribution in [1.29, 1.82) is 0 Å². The first-order valence-electron chi connectivity index (χ1n) is 4.89. The van der Waals surface area contributed by atoms with Gasteiger partial charge in [0.15, 0.2) is 0 Å². The Morgan fingerprint density at radius 3 is 3.17 bits per heavy atom. The molecule has 0 fully saturated rings. The summed E-state index contributed by atoms with van der Waals surface area (Å²) in [6.07, 6.45) is 5.49. The summed E-state index contributed by atoms with van der Waals surface area (Å²) in [5.41, 5.74) is 3.26. The highest BCUT2D eigenvalue weighted by atomic mass is 32.1. The van der Waals surface area contributed by atoms with Gasteiger partial charge in [0.1, 0.15) is 0 Å². The normalized spacial score (nSPS) is 21.3. The molecule has 1 unspecified atom stereocenters. The zero-order valence-electron chi connectivity index (χ0n) is 7.89. The molecule has 0 saturated carbocycles. The zero-order chi connectivity index (χ0) is 8.55. The van der Waals surface area contributed by atoms with Crippen LogP contribution in [0.1, 0.15) is 48.1 Å². The number of aryl methyl sites for hydroxylation is 2. The van der Waals surface area contributed by atoms with Crippen LogP contribution in [0.15, 0.2) is 5.38 Å². The van der Waals surface area contributed by atoms with Crippen molar-refractivity contribution in [3.63, 3.8) is 0 Å². The van der Waals surface area contributed by atoms with E-state index in [2.05, 4.69) is 19.2 Å². The van der Waals surface area contributed by atoms with Crippen LogP contribution in [-0.4, -0.2) is 0 Å². The van der Waals surface area contributed by atoms with Gasteiger partial charge >= 0.3 is 0 Å². The molecule has 0 saturated heterocycles. The van der Waals surface area contributed by atoms with Gasteiger partial charge in [-0.3, -0.25) is 0 Å². The summed E-state index contributed by atoms with van der Waals surface area (Å²) < 4.78 is 0. The molecule has 2 rings (SSSR count). The second-order valence-electron chi connectivity index (χ2n) is 3.78. The molecule has 1 aromatic heterocycles. The summed E-state index contributed by atoms with van der Waals surface area (Å²) in [5, 5.41) is 2.33. The quantitative estimate of drug-likeness (QED) is 0.648. The van der Waals surface area contributed by atoms with Crippen LogP contribution in [0, 0.1) is 6.92 Å². The molecule has 0 aliphatic heterocycles. The van der Waals surface area contributed by atoms with E-state index in [0.29, 0.717) is 0 Å². The SMILES string of the molecule is CCCC1CCc2scc(C)c21. The van der Waals surface area contributed by atoms with Gasteiger partial charge in [-0.25, -0.2) is 0 Å². The molecule has 0 bridgehead atoms. The second-order valence-corrected chi connectivity index (χ2v) is 4.74. The first-order chi connectivity index (χ1) is 5.83. The highest BCUT2D eigenvalue weighted by Crippen LogP contribution is 2.41. The Kier molecular flexibility index (Phi) is 2.22. The van der Waals surface area contributed by atoms with Crippen molar-refractivity contribution < 1.29 is 0 Å². The third-order valence-electron chi connectivity index (χ3n) is 2.87. The molecule has 12 heavy (non-hydrogen) atoms. The molecule has 0 N–H and O–H groups in total. The Morgan fingerprint density at radius 1 is 1.58 bits per heavy atom. The molecule has 1 aromatic rings. The van der Waals surface area contributed by atoms with Crippen LogP contribution in [0.25, 0.3) is 0 Å². The lowest BCUT2D eigenvalue weighted by atomic mass is 9.96. The van der Waals surface area contributed by atoms with Gasteiger partial charge < -0.3 is 0 Å². The van der Waals surface area contributed by atoms with Crippen molar-refractivity contribution in [3.05, 3.63) is 21.4 Å². The summed E-state index contributed by atoms with van der Waals surface area (Å²) in [4.78, 5) is 1.67. The van der Waals surface area contributed by atoms with Gasteiger partial charge in [0.05, 0.1) is 0 Å². The molecular formula is C11H16S. The topological polar surface area (TPSA) is 0 Å². The van der Waals surface area contributed by atoms with Gasteiger partial charge in [-0.2, -0.15) is 0 Å². The van der Waals surface area contributed by atoms with Crippen LogP contribution in [-0.2, 0) is 6.42 Å². The molecule has 0 radical (unpaired) electrons. The number of hydrogen-bond acceptors (Lipinski definition) is 1. The van der Waals surface area contributed by atoms with E-state index < -0.39 is 0 Å². The van der Waals surface area contributed by atoms with Crippen LogP contribution in [0.5, 0.6) is 0 Å². The van der Waals surface area contributed by atoms with E-state index in [1.54, 1.807) is 16.0 Å². The smallest absolute Gasteiger partial charge is 0.00829 e. The molecule has 1 heteroatoms. The molecule has 0 spiro atoms. The summed E-state index contributed by atoms with van der Waals surface area (Å²) in [6.45, 7) is 4.56. The molecule has 1 atom stereocenters. The standard InChI is InChI=1S/C11H16S/c1-3-4-9-5-6-10-11(9)8(2)7-12-10/h7,9H,3-6H2,1-2H3. The predicted molar refractivity (Wildman–Crippen MR) is 55.0 cm³/mol. The van der Waals surface area contributed by atoms with Gasteiger partial charge in [0.25, 0.3) is 0 Å². The fourth-order valence-corrected chi connectivity index (χ4v) is 3.47. The van der Waals surface area contributed by atoms with Gasteiger partial charge in [-0.15, -0.1) is 11.3 Å². The Balaban J connectivity index is 2.27. The maximum atomic E-state index is 2.33. The molecular weight excluding hydrogens is 164 g/mol. The number of hydrogen-bond donors (Lipinski definition) is 0. The first kappa shape index (κ1) is 8.31. The highest BCUT2D eigenvalue weighted by molar-refractivity contribution is 7.10. The maximum absolute atomic E-state index is 2.33. The van der Waals surface area contributed by atoms with Crippen molar-refractivity contribution in [1.82, 2.24) is 0 Å². The van der Waals surface area contributed by atoms with Crippen molar-refractivity contribution in [2.24, 2.45) is 0 Å². The third kappa shape index (κ3) is 1.20. The van der Waals surface area contributed by atoms with Crippen molar-refractivity contribution in [2.75, 3.05) is 0 Å². The zero-order valence-corrected chi connectivity index (χ0v) is 8.71. The molecule has 1 aliphatic carbocycles. The minimum atomic E-state index is 0.899. The minimum absolute atomic E-state index is 0.899. The Bertz CT molecular complexity index is 273. The van der Waals surface area contributed by atoms with E-state index in [-0.39, 0.29) is 0 Å². The number of rotatable bonds is 2. The molecule has 66 valence electrons. The van der Waals surface area contributed by atoms with Gasteiger partial charge in [0.2, 0.25) is 0 Å². The predicted octanol–water partition coefficient (Wildman–Crippen LogP) is 3.89. The molecule has 0 amide bonds. The fraction of sp³-hybridized carbons (Fsp3) is 0.636. The largest absolute Gasteiger partial charge is 0.148 e. The van der Waals surface area contributed by atoms with Crippen LogP contribution in [0.2, 0.25) is 0 Å². The van der Waals surface area contributed by atoms with Gasteiger partial charge in [-0.1, -0.05) is 13.3 Å². The average Bonchev–Trinajstić information content (AvgIpc) is 2.58. The lowest BCUT2D eigenvalue weighted by Gasteiger charge is -2.08. The van der Waals surface area contributed by atoms with Crippen molar-refractivity contribution >= 4 is 11.3 Å². The van der Waals surface area contributed by atoms with Crippen LogP contribution in [0.4, 0.5) is 0 Å². The summed E-state index contributed by atoms with van der Waals surface area (Å²) in [5.74, 6) is 0.899. The Labute approximate surface area is 78.6 Å².